The first-order valence-corrected chi connectivity index (χ1v) is 5.60. The average molecular weight is 283 g/mol. The summed E-state index contributed by atoms with van der Waals surface area (Å²) < 4.78 is 0. The van der Waals surface area contributed by atoms with Crippen LogP contribution >= 0.6 is 0 Å². The lowest BCUT2D eigenvalue weighted by Crippen LogP contribution is -2.37. The van der Waals surface area contributed by atoms with E-state index in [1.54, 1.807) is 12.1 Å². The van der Waals surface area contributed by atoms with Crippen molar-refractivity contribution in [2.75, 3.05) is 13.2 Å². The Hall–Kier alpha value is -2.68. The van der Waals surface area contributed by atoms with Crippen LogP contribution in [-0.4, -0.2) is 35.2 Å². The molecule has 9 heteroatoms. The molecule has 0 atom stereocenters. The van der Waals surface area contributed by atoms with E-state index in [4.69, 9.17) is 5.11 Å². The number of carboxylic acid groups (broad SMARTS) is 1. The molecule has 0 heterocycles. The maximum atomic E-state index is 11.1. The predicted molar refractivity (Wildman–Crippen MR) is 66.9 cm³/mol. The highest BCUT2D eigenvalue weighted by Crippen LogP contribution is 2.11. The maximum absolute atomic E-state index is 11.1. The molecular weight excluding hydrogens is 270 g/mol. The molecule has 0 bridgehead atoms. The van der Waals surface area contributed by atoms with E-state index in [1.165, 1.54) is 12.1 Å². The van der Waals surface area contributed by atoms with Crippen LogP contribution in [0.5, 0.6) is 0 Å². The number of hydroxylamine groups is 1. The first-order chi connectivity index (χ1) is 9.49. The van der Waals surface area contributed by atoms with Crippen LogP contribution in [0, 0.1) is 10.1 Å². The van der Waals surface area contributed by atoms with Crippen LogP contribution in [0.25, 0.3) is 0 Å². The molecule has 3 N–H and O–H groups in total. The van der Waals surface area contributed by atoms with Crippen LogP contribution in [0.2, 0.25) is 0 Å². The molecule has 2 amide bonds. The van der Waals surface area contributed by atoms with E-state index in [0.29, 0.717) is 6.42 Å². The van der Waals surface area contributed by atoms with E-state index in [1.807, 2.05) is 5.48 Å². The van der Waals surface area contributed by atoms with E-state index in [9.17, 15) is 19.7 Å². The fourth-order valence-electron chi connectivity index (χ4n) is 1.30. The molecule has 0 saturated carbocycles. The summed E-state index contributed by atoms with van der Waals surface area (Å²) >= 11 is 0. The number of nitro groups is 1. The molecule has 9 nitrogen and oxygen atoms in total. The lowest BCUT2D eigenvalue weighted by Gasteiger charge is -2.06. The Balaban J connectivity index is 2.24. The Morgan fingerprint density at radius 1 is 1.30 bits per heavy atom. The topological polar surface area (TPSA) is 131 Å². The van der Waals surface area contributed by atoms with Gasteiger partial charge in [0.05, 0.1) is 4.92 Å². The van der Waals surface area contributed by atoms with Crippen LogP contribution in [0.15, 0.2) is 24.3 Å². The normalized spacial score (nSPS) is 9.80. The molecule has 0 aliphatic rings. The fraction of sp³-hybridized carbons (Fsp3) is 0.273. The van der Waals surface area contributed by atoms with E-state index in [2.05, 4.69) is 10.2 Å². The zero-order valence-electron chi connectivity index (χ0n) is 10.4. The summed E-state index contributed by atoms with van der Waals surface area (Å²) in [6, 6.07) is 5.29. The molecule has 0 unspecified atom stereocenters. The highest BCUT2D eigenvalue weighted by molar-refractivity contribution is 5.73. The van der Waals surface area contributed by atoms with E-state index < -0.39 is 23.5 Å². The molecule has 1 aromatic carbocycles. The quantitative estimate of drug-likeness (QED) is 0.492. The summed E-state index contributed by atoms with van der Waals surface area (Å²) in [5.74, 6) is -1.20. The number of nitrogens with one attached hydrogen (secondary N) is 2. The van der Waals surface area contributed by atoms with E-state index in [-0.39, 0.29) is 12.2 Å². The summed E-state index contributed by atoms with van der Waals surface area (Å²) in [5, 5.41) is 21.2. The average Bonchev–Trinajstić information content (AvgIpc) is 2.39. The molecule has 0 saturated heterocycles. The second-order valence-electron chi connectivity index (χ2n) is 3.71. The Labute approximate surface area is 113 Å². The second-order valence-corrected chi connectivity index (χ2v) is 3.71. The lowest BCUT2D eigenvalue weighted by atomic mass is 10.1. The van der Waals surface area contributed by atoms with Gasteiger partial charge in [0.25, 0.3) is 5.69 Å². The highest BCUT2D eigenvalue weighted by atomic mass is 16.7. The number of carbonyl (C=O) groups excluding carboxylic acids is 1. The molecular formula is C11H13N3O6. The van der Waals surface area contributed by atoms with Crippen LogP contribution in [0.1, 0.15) is 5.56 Å². The Morgan fingerprint density at radius 2 is 1.95 bits per heavy atom. The Bertz CT molecular complexity index is 487. The van der Waals surface area contributed by atoms with Gasteiger partial charge in [-0.1, -0.05) is 12.1 Å². The number of aliphatic carboxylic acids is 1. The van der Waals surface area contributed by atoms with Gasteiger partial charge in [-0.15, -0.1) is 0 Å². The molecule has 0 radical (unpaired) electrons. The van der Waals surface area contributed by atoms with Gasteiger partial charge in [0.15, 0.2) is 6.61 Å². The number of rotatable bonds is 7. The Morgan fingerprint density at radius 3 is 2.50 bits per heavy atom. The number of amides is 2. The van der Waals surface area contributed by atoms with E-state index >= 15 is 0 Å². The van der Waals surface area contributed by atoms with Gasteiger partial charge in [-0.25, -0.2) is 15.1 Å². The molecule has 1 aromatic rings. The third-order valence-corrected chi connectivity index (χ3v) is 2.21. The molecule has 20 heavy (non-hydrogen) atoms. The van der Waals surface area contributed by atoms with Crippen molar-refractivity contribution in [3.05, 3.63) is 39.9 Å². The zero-order valence-corrected chi connectivity index (χ0v) is 10.4. The number of hydrogen-bond acceptors (Lipinski definition) is 5. The number of urea groups is 1. The molecule has 1 rings (SSSR count). The van der Waals surface area contributed by atoms with Gasteiger partial charge in [-0.05, 0) is 12.0 Å². The highest BCUT2D eigenvalue weighted by Gasteiger charge is 2.05. The minimum atomic E-state index is -1.20. The van der Waals surface area contributed by atoms with Gasteiger partial charge >= 0.3 is 12.0 Å². The first-order valence-electron chi connectivity index (χ1n) is 5.60. The smallest absolute Gasteiger partial charge is 0.338 e. The largest absolute Gasteiger partial charge is 0.479 e. The number of carbonyl (C=O) groups is 2. The molecule has 0 spiro atoms. The number of hydrogen-bond donors (Lipinski definition) is 3. The standard InChI is InChI=1S/C11H13N3O6/c15-10(16)7-20-13-11(17)12-6-5-8-1-3-9(4-2-8)14(18)19/h1-4H,5-7H2,(H,15,16)(H2,12,13,17). The van der Waals surface area contributed by atoms with Crippen molar-refractivity contribution < 1.29 is 24.5 Å². The summed E-state index contributed by atoms with van der Waals surface area (Å²) in [5.41, 5.74) is 2.73. The lowest BCUT2D eigenvalue weighted by molar-refractivity contribution is -0.384. The van der Waals surface area contributed by atoms with Crippen LogP contribution in [-0.2, 0) is 16.1 Å². The summed E-state index contributed by atoms with van der Waals surface area (Å²) in [4.78, 5) is 35.6. The molecule has 0 aliphatic carbocycles. The number of nitro benzene ring substituents is 1. The first kappa shape index (κ1) is 15.4. The van der Waals surface area contributed by atoms with Gasteiger partial charge in [0, 0.05) is 18.7 Å². The minimum Gasteiger partial charge on any atom is -0.479 e. The van der Waals surface area contributed by atoms with Crippen LogP contribution in [0.4, 0.5) is 10.5 Å². The number of benzene rings is 1. The number of non-ortho nitro benzene ring substituents is 1. The SMILES string of the molecule is O=C(O)CONC(=O)NCCc1ccc([N+](=O)[O-])cc1. The van der Waals surface area contributed by atoms with Crippen molar-refractivity contribution in [1.29, 1.82) is 0 Å². The summed E-state index contributed by atoms with van der Waals surface area (Å²) in [7, 11) is 0. The van der Waals surface area contributed by atoms with E-state index in [0.717, 1.165) is 5.56 Å². The van der Waals surface area contributed by atoms with Gasteiger partial charge in [0.1, 0.15) is 0 Å². The molecule has 108 valence electrons. The molecule has 0 fully saturated rings. The monoisotopic (exact) mass is 283 g/mol. The summed E-state index contributed by atoms with van der Waals surface area (Å²) in [6.07, 6.45) is 0.477. The zero-order chi connectivity index (χ0) is 15.0. The van der Waals surface area contributed by atoms with Crippen LogP contribution in [0.3, 0.4) is 0 Å². The Kier molecular flexibility index (Phi) is 5.91. The van der Waals surface area contributed by atoms with Gasteiger partial charge in [0.2, 0.25) is 0 Å². The minimum absolute atomic E-state index is 0.00141. The fourth-order valence-corrected chi connectivity index (χ4v) is 1.30. The number of carboxylic acids is 1. The van der Waals surface area contributed by atoms with Crippen LogP contribution < -0.4 is 10.8 Å². The maximum Gasteiger partial charge on any atom is 0.338 e. The van der Waals surface area contributed by atoms with Gasteiger partial charge in [-0.3, -0.25) is 15.0 Å². The predicted octanol–water partition coefficient (Wildman–Crippen LogP) is 0.453. The summed E-state index contributed by atoms with van der Waals surface area (Å²) in [6.45, 7) is -0.351. The van der Waals surface area contributed by atoms with Crippen molar-refractivity contribution in [2.45, 2.75) is 6.42 Å². The molecule has 0 aliphatic heterocycles. The third-order valence-electron chi connectivity index (χ3n) is 2.21. The van der Waals surface area contributed by atoms with Gasteiger partial charge in [-0.2, -0.15) is 0 Å². The third kappa shape index (κ3) is 5.78. The van der Waals surface area contributed by atoms with Crippen molar-refractivity contribution >= 4 is 17.7 Å². The second kappa shape index (κ2) is 7.69. The van der Waals surface area contributed by atoms with Crippen molar-refractivity contribution in [2.24, 2.45) is 0 Å². The van der Waals surface area contributed by atoms with Gasteiger partial charge < -0.3 is 10.4 Å². The molecule has 0 aromatic heterocycles. The van der Waals surface area contributed by atoms with Crippen molar-refractivity contribution in [1.82, 2.24) is 10.8 Å². The number of nitrogens with zero attached hydrogens (tertiary/aromatic N) is 1. The van der Waals surface area contributed by atoms with Crippen molar-refractivity contribution in [3.63, 3.8) is 0 Å². The van der Waals surface area contributed by atoms with Crippen molar-refractivity contribution in [3.8, 4) is 0 Å².